The van der Waals surface area contributed by atoms with Crippen LogP contribution in [0.5, 0.6) is 0 Å². The first-order valence-electron chi connectivity index (χ1n) is 6.70. The molecule has 0 saturated heterocycles. The van der Waals surface area contributed by atoms with Gasteiger partial charge in [-0.2, -0.15) is 0 Å². The molecule has 0 radical (unpaired) electrons. The van der Waals surface area contributed by atoms with E-state index in [0.717, 1.165) is 32.1 Å². The Balaban J connectivity index is 1.71. The summed E-state index contributed by atoms with van der Waals surface area (Å²) >= 11 is 0. The highest BCUT2D eigenvalue weighted by atomic mass is 32.2. The van der Waals surface area contributed by atoms with E-state index in [9.17, 15) is 8.42 Å². The molecule has 0 aromatic carbocycles. The highest BCUT2D eigenvalue weighted by molar-refractivity contribution is 7.89. The van der Waals surface area contributed by atoms with Crippen molar-refractivity contribution in [2.24, 2.45) is 11.8 Å². The molecule has 2 fully saturated rings. The number of hydrogen-bond donors (Lipinski definition) is 2. The first kappa shape index (κ1) is 13.3. The maximum Gasteiger partial charge on any atom is 0.211 e. The van der Waals surface area contributed by atoms with Gasteiger partial charge in [0.1, 0.15) is 0 Å². The van der Waals surface area contributed by atoms with E-state index in [4.69, 9.17) is 5.11 Å². The summed E-state index contributed by atoms with van der Waals surface area (Å²) < 4.78 is 26.5. The largest absolute Gasteiger partial charge is 0.396 e. The lowest BCUT2D eigenvalue weighted by molar-refractivity contribution is 0.180. The summed E-state index contributed by atoms with van der Waals surface area (Å²) in [5, 5.41) is 9.02. The summed E-state index contributed by atoms with van der Waals surface area (Å²) in [5.41, 5.74) is 0. The Morgan fingerprint density at radius 3 is 2.12 bits per heavy atom. The standard InChI is InChI=1S/C12H23NO3S/c14-9-11-3-5-12(6-4-11)13-17(15,16)8-7-10-1-2-10/h10-14H,1-9H2. The highest BCUT2D eigenvalue weighted by Gasteiger charge is 2.27. The van der Waals surface area contributed by atoms with Crippen molar-refractivity contribution in [2.75, 3.05) is 12.4 Å². The fraction of sp³-hybridized carbons (Fsp3) is 1.00. The SMILES string of the molecule is O=S(=O)(CCC1CC1)NC1CCC(CO)CC1. The van der Waals surface area contributed by atoms with Crippen LogP contribution in [-0.4, -0.2) is 31.9 Å². The Morgan fingerprint density at radius 1 is 1.00 bits per heavy atom. The molecule has 0 heterocycles. The van der Waals surface area contributed by atoms with Crippen molar-refractivity contribution in [1.29, 1.82) is 0 Å². The van der Waals surface area contributed by atoms with Gasteiger partial charge in [0.2, 0.25) is 10.0 Å². The maximum absolute atomic E-state index is 11.8. The molecule has 0 aliphatic heterocycles. The molecule has 2 rings (SSSR count). The number of nitrogens with one attached hydrogen (secondary N) is 1. The van der Waals surface area contributed by atoms with Crippen LogP contribution in [0.2, 0.25) is 0 Å². The number of sulfonamides is 1. The smallest absolute Gasteiger partial charge is 0.211 e. The first-order chi connectivity index (χ1) is 8.09. The van der Waals surface area contributed by atoms with Crippen molar-refractivity contribution < 1.29 is 13.5 Å². The van der Waals surface area contributed by atoms with E-state index >= 15 is 0 Å². The fourth-order valence-corrected chi connectivity index (χ4v) is 4.01. The van der Waals surface area contributed by atoms with Crippen LogP contribution < -0.4 is 4.72 Å². The Morgan fingerprint density at radius 2 is 1.59 bits per heavy atom. The van der Waals surface area contributed by atoms with Gasteiger partial charge in [0.15, 0.2) is 0 Å². The monoisotopic (exact) mass is 261 g/mol. The Kier molecular flexibility index (Phi) is 4.44. The van der Waals surface area contributed by atoms with E-state index in [1.54, 1.807) is 0 Å². The summed E-state index contributed by atoms with van der Waals surface area (Å²) in [6, 6.07) is 0.0991. The number of aliphatic hydroxyl groups excluding tert-OH is 1. The van der Waals surface area contributed by atoms with Gasteiger partial charge in [0, 0.05) is 12.6 Å². The lowest BCUT2D eigenvalue weighted by atomic mass is 9.87. The molecule has 0 bridgehead atoms. The molecular weight excluding hydrogens is 238 g/mol. The zero-order chi connectivity index (χ0) is 12.3. The third kappa shape index (κ3) is 4.56. The predicted octanol–water partition coefficient (Wildman–Crippen LogP) is 1.26. The zero-order valence-electron chi connectivity index (χ0n) is 10.3. The van der Waals surface area contributed by atoms with Crippen molar-refractivity contribution >= 4 is 10.0 Å². The zero-order valence-corrected chi connectivity index (χ0v) is 11.1. The minimum absolute atomic E-state index is 0.0991. The normalized spacial score (nSPS) is 30.4. The van der Waals surface area contributed by atoms with Crippen molar-refractivity contribution in [3.63, 3.8) is 0 Å². The number of hydrogen-bond acceptors (Lipinski definition) is 3. The molecular formula is C12H23NO3S. The lowest BCUT2D eigenvalue weighted by Crippen LogP contribution is -2.39. The average molecular weight is 261 g/mol. The Bertz CT molecular complexity index is 330. The average Bonchev–Trinajstić information content (AvgIpc) is 3.11. The molecule has 0 atom stereocenters. The maximum atomic E-state index is 11.8. The minimum atomic E-state index is -3.07. The van der Waals surface area contributed by atoms with Gasteiger partial charge in [0.25, 0.3) is 0 Å². The predicted molar refractivity (Wildman–Crippen MR) is 67.1 cm³/mol. The Labute approximate surface area is 104 Å². The van der Waals surface area contributed by atoms with Crippen LogP contribution >= 0.6 is 0 Å². The lowest BCUT2D eigenvalue weighted by Gasteiger charge is -2.27. The van der Waals surface area contributed by atoms with Gasteiger partial charge in [-0.15, -0.1) is 0 Å². The van der Waals surface area contributed by atoms with E-state index in [2.05, 4.69) is 4.72 Å². The van der Waals surface area contributed by atoms with E-state index in [1.807, 2.05) is 0 Å². The van der Waals surface area contributed by atoms with E-state index in [0.29, 0.717) is 11.8 Å². The van der Waals surface area contributed by atoms with E-state index in [1.165, 1.54) is 12.8 Å². The topological polar surface area (TPSA) is 66.4 Å². The summed E-state index contributed by atoms with van der Waals surface area (Å²) in [5.74, 6) is 1.33. The van der Waals surface area contributed by atoms with Crippen LogP contribution in [0.15, 0.2) is 0 Å². The summed E-state index contributed by atoms with van der Waals surface area (Å²) in [7, 11) is -3.07. The van der Waals surface area contributed by atoms with Gasteiger partial charge in [-0.25, -0.2) is 13.1 Å². The van der Waals surface area contributed by atoms with Crippen LogP contribution in [0.4, 0.5) is 0 Å². The second kappa shape index (κ2) is 5.67. The van der Waals surface area contributed by atoms with Gasteiger partial charge in [0.05, 0.1) is 5.75 Å². The number of aliphatic hydroxyl groups is 1. The third-order valence-electron chi connectivity index (χ3n) is 3.94. The van der Waals surface area contributed by atoms with Crippen LogP contribution in [0.25, 0.3) is 0 Å². The first-order valence-corrected chi connectivity index (χ1v) is 8.35. The van der Waals surface area contributed by atoms with Gasteiger partial charge in [-0.3, -0.25) is 0 Å². The van der Waals surface area contributed by atoms with Crippen LogP contribution in [0.1, 0.15) is 44.9 Å². The molecule has 2 aliphatic carbocycles. The van der Waals surface area contributed by atoms with Crippen molar-refractivity contribution in [2.45, 2.75) is 51.0 Å². The fourth-order valence-electron chi connectivity index (χ4n) is 2.50. The van der Waals surface area contributed by atoms with Gasteiger partial charge in [-0.1, -0.05) is 12.8 Å². The molecule has 2 saturated carbocycles. The van der Waals surface area contributed by atoms with Crippen LogP contribution in [-0.2, 0) is 10.0 Å². The van der Waals surface area contributed by atoms with Gasteiger partial charge >= 0.3 is 0 Å². The van der Waals surface area contributed by atoms with E-state index < -0.39 is 10.0 Å². The molecule has 2 N–H and O–H groups in total. The second-order valence-corrected chi connectivity index (χ2v) is 7.44. The summed E-state index contributed by atoms with van der Waals surface area (Å²) in [4.78, 5) is 0. The quantitative estimate of drug-likeness (QED) is 0.756. The second-order valence-electron chi connectivity index (χ2n) is 5.57. The van der Waals surface area contributed by atoms with Gasteiger partial charge < -0.3 is 5.11 Å². The molecule has 5 heteroatoms. The third-order valence-corrected chi connectivity index (χ3v) is 5.41. The molecule has 4 nitrogen and oxygen atoms in total. The van der Waals surface area contributed by atoms with Crippen LogP contribution in [0, 0.1) is 11.8 Å². The minimum Gasteiger partial charge on any atom is -0.396 e. The van der Waals surface area contributed by atoms with Crippen molar-refractivity contribution in [3.8, 4) is 0 Å². The molecule has 0 aromatic rings. The highest BCUT2D eigenvalue weighted by Crippen LogP contribution is 2.32. The summed E-state index contributed by atoms with van der Waals surface area (Å²) in [6.07, 6.45) is 6.84. The van der Waals surface area contributed by atoms with Crippen molar-refractivity contribution in [1.82, 2.24) is 4.72 Å². The van der Waals surface area contributed by atoms with Crippen LogP contribution in [0.3, 0.4) is 0 Å². The molecule has 0 amide bonds. The van der Waals surface area contributed by atoms with Gasteiger partial charge in [-0.05, 0) is 43.9 Å². The molecule has 0 spiro atoms. The van der Waals surface area contributed by atoms with Crippen molar-refractivity contribution in [3.05, 3.63) is 0 Å². The molecule has 2 aliphatic rings. The molecule has 0 unspecified atom stereocenters. The summed E-state index contributed by atoms with van der Waals surface area (Å²) in [6.45, 7) is 0.237. The molecule has 17 heavy (non-hydrogen) atoms. The molecule has 0 aromatic heterocycles. The number of rotatable bonds is 6. The Hall–Kier alpha value is -0.130. The van der Waals surface area contributed by atoms with E-state index in [-0.39, 0.29) is 18.4 Å². The molecule has 100 valence electrons.